The topological polar surface area (TPSA) is 64.4 Å². The van der Waals surface area contributed by atoms with Crippen LogP contribution in [0.15, 0.2) is 0 Å². The highest BCUT2D eigenvalue weighted by Crippen LogP contribution is 2.28. The Bertz CT molecular complexity index is 232. The quantitative estimate of drug-likeness (QED) is 0.664. The fraction of sp³-hybridized carbons (Fsp3) is 0.917. The van der Waals surface area contributed by atoms with Gasteiger partial charge in [0.2, 0.25) is 5.91 Å². The number of rotatable bonds is 6. The fourth-order valence-corrected chi connectivity index (χ4v) is 1.28. The first-order valence-electron chi connectivity index (χ1n) is 6.02. The third kappa shape index (κ3) is 4.94. The van der Waals surface area contributed by atoms with E-state index >= 15 is 0 Å². The fourth-order valence-electron chi connectivity index (χ4n) is 1.28. The molecule has 1 fully saturated rings. The van der Waals surface area contributed by atoms with Crippen molar-refractivity contribution < 1.29 is 9.53 Å². The van der Waals surface area contributed by atoms with Gasteiger partial charge in [-0.15, -0.1) is 0 Å². The van der Waals surface area contributed by atoms with Crippen molar-refractivity contribution in [3.8, 4) is 0 Å². The van der Waals surface area contributed by atoms with E-state index in [-0.39, 0.29) is 11.3 Å². The lowest BCUT2D eigenvalue weighted by atomic mass is 9.87. The molecular formula is C12H24N2O2. The average molecular weight is 228 g/mol. The molecule has 0 saturated heterocycles. The van der Waals surface area contributed by atoms with E-state index in [1.54, 1.807) is 0 Å². The van der Waals surface area contributed by atoms with E-state index in [0.29, 0.717) is 13.2 Å². The summed E-state index contributed by atoms with van der Waals surface area (Å²) >= 11 is 0. The predicted octanol–water partition coefficient (Wildman–Crippen LogP) is 0.903. The molecule has 16 heavy (non-hydrogen) atoms. The lowest BCUT2D eigenvalue weighted by Gasteiger charge is -2.25. The smallest absolute Gasteiger partial charge is 0.237 e. The molecule has 1 saturated carbocycles. The molecule has 0 heterocycles. The molecule has 3 N–H and O–H groups in total. The maximum Gasteiger partial charge on any atom is 0.237 e. The zero-order chi connectivity index (χ0) is 12.2. The first-order valence-corrected chi connectivity index (χ1v) is 6.02. The molecule has 0 radical (unpaired) electrons. The number of carbonyl (C=O) groups excluding carboxylic acids is 1. The Kier molecular flexibility index (Phi) is 4.74. The normalized spacial score (nSPS) is 18.2. The molecule has 0 aromatic heterocycles. The molecule has 4 nitrogen and oxygen atoms in total. The first kappa shape index (κ1) is 13.5. The molecule has 0 aliphatic heterocycles. The minimum absolute atomic E-state index is 0.0949. The Morgan fingerprint density at radius 2 is 2.12 bits per heavy atom. The number of hydrogen-bond acceptors (Lipinski definition) is 3. The van der Waals surface area contributed by atoms with Crippen molar-refractivity contribution in [2.75, 3.05) is 19.8 Å². The SMILES string of the molecule is CC(C)(C)[C@@H](N)C(=O)NCCOCC1CC1. The van der Waals surface area contributed by atoms with Crippen molar-refractivity contribution in [2.24, 2.45) is 17.1 Å². The van der Waals surface area contributed by atoms with Gasteiger partial charge in [0.1, 0.15) is 0 Å². The molecule has 1 rings (SSSR count). The molecule has 1 aliphatic carbocycles. The van der Waals surface area contributed by atoms with Crippen molar-refractivity contribution in [1.29, 1.82) is 0 Å². The van der Waals surface area contributed by atoms with E-state index in [1.807, 2.05) is 20.8 Å². The lowest BCUT2D eigenvalue weighted by Crippen LogP contribution is -2.49. The molecule has 4 heteroatoms. The van der Waals surface area contributed by atoms with Gasteiger partial charge in [-0.3, -0.25) is 4.79 Å². The van der Waals surface area contributed by atoms with Crippen LogP contribution in [0.25, 0.3) is 0 Å². The van der Waals surface area contributed by atoms with Crippen LogP contribution in [-0.4, -0.2) is 31.7 Å². The maximum atomic E-state index is 11.6. The highest BCUT2D eigenvalue weighted by atomic mass is 16.5. The Balaban J connectivity index is 2.04. The van der Waals surface area contributed by atoms with Gasteiger partial charge >= 0.3 is 0 Å². The van der Waals surface area contributed by atoms with Crippen LogP contribution in [0.5, 0.6) is 0 Å². The van der Waals surface area contributed by atoms with Crippen LogP contribution in [0.2, 0.25) is 0 Å². The molecular weight excluding hydrogens is 204 g/mol. The zero-order valence-corrected chi connectivity index (χ0v) is 10.6. The van der Waals surface area contributed by atoms with Crippen molar-refractivity contribution in [3.63, 3.8) is 0 Å². The number of hydrogen-bond donors (Lipinski definition) is 2. The predicted molar refractivity (Wildman–Crippen MR) is 64.0 cm³/mol. The van der Waals surface area contributed by atoms with Gasteiger partial charge in [0.05, 0.1) is 12.6 Å². The molecule has 1 atom stereocenters. The van der Waals surface area contributed by atoms with Crippen molar-refractivity contribution in [1.82, 2.24) is 5.32 Å². The van der Waals surface area contributed by atoms with Gasteiger partial charge < -0.3 is 15.8 Å². The number of carbonyl (C=O) groups is 1. The van der Waals surface area contributed by atoms with Crippen LogP contribution in [0.4, 0.5) is 0 Å². The highest BCUT2D eigenvalue weighted by molar-refractivity contribution is 5.82. The van der Waals surface area contributed by atoms with Crippen LogP contribution in [0.3, 0.4) is 0 Å². The van der Waals surface area contributed by atoms with Crippen LogP contribution in [0.1, 0.15) is 33.6 Å². The van der Waals surface area contributed by atoms with E-state index in [4.69, 9.17) is 10.5 Å². The molecule has 0 spiro atoms. The van der Waals surface area contributed by atoms with Gasteiger partial charge in [0.15, 0.2) is 0 Å². The lowest BCUT2D eigenvalue weighted by molar-refractivity contribution is -0.124. The summed E-state index contributed by atoms with van der Waals surface area (Å²) in [6.45, 7) is 7.85. The van der Waals surface area contributed by atoms with Crippen molar-refractivity contribution >= 4 is 5.91 Å². The Hall–Kier alpha value is -0.610. The summed E-state index contributed by atoms with van der Waals surface area (Å²) in [5.74, 6) is 0.676. The van der Waals surface area contributed by atoms with E-state index in [9.17, 15) is 4.79 Å². The maximum absolute atomic E-state index is 11.6. The second-order valence-electron chi connectivity index (χ2n) is 5.65. The number of nitrogens with two attached hydrogens (primary N) is 1. The molecule has 94 valence electrons. The van der Waals surface area contributed by atoms with Crippen LogP contribution >= 0.6 is 0 Å². The van der Waals surface area contributed by atoms with Gasteiger partial charge in [0, 0.05) is 13.2 Å². The number of nitrogens with one attached hydrogen (secondary N) is 1. The number of amides is 1. The van der Waals surface area contributed by atoms with Crippen LogP contribution < -0.4 is 11.1 Å². The van der Waals surface area contributed by atoms with Gasteiger partial charge in [-0.2, -0.15) is 0 Å². The minimum atomic E-state index is -0.462. The molecule has 0 aromatic carbocycles. The molecule has 0 aromatic rings. The van der Waals surface area contributed by atoms with E-state index in [1.165, 1.54) is 12.8 Å². The van der Waals surface area contributed by atoms with E-state index < -0.39 is 6.04 Å². The summed E-state index contributed by atoms with van der Waals surface area (Å²) in [6, 6.07) is -0.462. The second kappa shape index (κ2) is 5.64. The zero-order valence-electron chi connectivity index (χ0n) is 10.6. The molecule has 0 unspecified atom stereocenters. The number of ether oxygens (including phenoxy) is 1. The Morgan fingerprint density at radius 3 is 2.62 bits per heavy atom. The van der Waals surface area contributed by atoms with Crippen LogP contribution in [0, 0.1) is 11.3 Å². The van der Waals surface area contributed by atoms with Crippen LogP contribution in [-0.2, 0) is 9.53 Å². The summed E-state index contributed by atoms with van der Waals surface area (Å²) in [7, 11) is 0. The third-order valence-corrected chi connectivity index (χ3v) is 2.81. The van der Waals surface area contributed by atoms with Gasteiger partial charge in [-0.05, 0) is 24.2 Å². The van der Waals surface area contributed by atoms with E-state index in [2.05, 4.69) is 5.32 Å². The first-order chi connectivity index (χ1) is 7.41. The standard InChI is InChI=1S/C12H24N2O2/c1-12(2,3)10(13)11(15)14-6-7-16-8-9-4-5-9/h9-10H,4-8,13H2,1-3H3,(H,14,15)/t10-/m0/s1. The van der Waals surface area contributed by atoms with Gasteiger partial charge in [-0.1, -0.05) is 20.8 Å². The molecule has 0 bridgehead atoms. The van der Waals surface area contributed by atoms with Crippen molar-refractivity contribution in [3.05, 3.63) is 0 Å². The summed E-state index contributed by atoms with van der Waals surface area (Å²) < 4.78 is 5.42. The van der Waals surface area contributed by atoms with Gasteiger partial charge in [-0.25, -0.2) is 0 Å². The average Bonchev–Trinajstić information content (AvgIpc) is 2.98. The second-order valence-corrected chi connectivity index (χ2v) is 5.65. The third-order valence-electron chi connectivity index (χ3n) is 2.81. The monoisotopic (exact) mass is 228 g/mol. The summed E-state index contributed by atoms with van der Waals surface area (Å²) in [5.41, 5.74) is 5.62. The Morgan fingerprint density at radius 1 is 1.50 bits per heavy atom. The summed E-state index contributed by atoms with van der Waals surface area (Å²) in [6.07, 6.45) is 2.59. The van der Waals surface area contributed by atoms with Gasteiger partial charge in [0.25, 0.3) is 0 Å². The molecule has 1 amide bonds. The van der Waals surface area contributed by atoms with Crippen molar-refractivity contribution in [2.45, 2.75) is 39.7 Å². The largest absolute Gasteiger partial charge is 0.379 e. The minimum Gasteiger partial charge on any atom is -0.379 e. The highest BCUT2D eigenvalue weighted by Gasteiger charge is 2.27. The summed E-state index contributed by atoms with van der Waals surface area (Å²) in [5, 5.41) is 2.79. The Labute approximate surface area is 97.9 Å². The summed E-state index contributed by atoms with van der Waals surface area (Å²) in [4.78, 5) is 11.6. The molecule has 1 aliphatic rings. The van der Waals surface area contributed by atoms with E-state index in [0.717, 1.165) is 12.5 Å².